The first-order valence-electron chi connectivity index (χ1n) is 27.0. The Kier molecular flexibility index (Phi) is 4.50. The Hall–Kier alpha value is -8.00. The number of hydrogen-bond donors (Lipinski definition) is 0. The van der Waals surface area contributed by atoms with Crippen LogP contribution in [0.4, 0.5) is 0 Å². The molecule has 0 fully saturated rings. The molecule has 0 unspecified atom stereocenters. The van der Waals surface area contributed by atoms with E-state index in [1.807, 2.05) is 72.8 Å². The van der Waals surface area contributed by atoms with Crippen LogP contribution in [0.3, 0.4) is 0 Å². The number of fused-ring (bicyclic) bond motifs is 5. The highest BCUT2D eigenvalue weighted by Crippen LogP contribution is 2.49. The zero-order valence-electron chi connectivity index (χ0n) is 46.0. The van der Waals surface area contributed by atoms with Crippen molar-refractivity contribution in [2.75, 3.05) is 0 Å². The lowest BCUT2D eigenvalue weighted by Crippen LogP contribution is -1.95. The number of hydrogen-bond acceptors (Lipinski definition) is 1. The lowest BCUT2D eigenvalue weighted by molar-refractivity contribution is 0.672. The second-order valence-electron chi connectivity index (χ2n) is 15.6. The third kappa shape index (κ3) is 4.66. The fourth-order valence-corrected chi connectivity index (χ4v) is 9.85. The Balaban J connectivity index is 1.21. The van der Waals surface area contributed by atoms with E-state index in [4.69, 9.17) is 15.4 Å². The summed E-state index contributed by atoms with van der Waals surface area (Å²) in [6, 6.07) is 32.5. The zero-order valence-corrected chi connectivity index (χ0v) is 32.0. The van der Waals surface area contributed by atoms with E-state index in [2.05, 4.69) is 42.5 Å². The van der Waals surface area contributed by atoms with Gasteiger partial charge in [-0.05, 0) is 145 Å². The van der Waals surface area contributed by atoms with Gasteiger partial charge in [-0.2, -0.15) is 0 Å². The molecule has 14 rings (SSSR count). The van der Waals surface area contributed by atoms with E-state index in [0.717, 1.165) is 70.2 Å². The first-order valence-corrected chi connectivity index (χ1v) is 20.0. The minimum atomic E-state index is -0.619. The van der Waals surface area contributed by atoms with Crippen molar-refractivity contribution in [2.24, 2.45) is 0 Å². The summed E-state index contributed by atoms with van der Waals surface area (Å²) in [5.41, 5.74) is 1.53. The van der Waals surface area contributed by atoms with E-state index in [1.165, 1.54) is 0 Å². The molecule has 0 saturated heterocycles. The van der Waals surface area contributed by atoms with Crippen molar-refractivity contribution >= 4 is 97.3 Å². The molecule has 0 saturated carbocycles. The van der Waals surface area contributed by atoms with Crippen LogP contribution in [0.15, 0.2) is 210 Å². The van der Waals surface area contributed by atoms with E-state index in [1.54, 1.807) is 6.07 Å². The molecule has 0 aliphatic carbocycles. The quantitative estimate of drug-likeness (QED) is 0.162. The van der Waals surface area contributed by atoms with Crippen LogP contribution < -0.4 is 0 Å². The monoisotopic (exact) mass is 784 g/mol. The summed E-state index contributed by atoms with van der Waals surface area (Å²) < 4.78 is 135. The SMILES string of the molecule is [2H]c1c([2H])c([2H])c(-c2cc(-c3ccc4ccc5cccc6ccc3c4c56)cc(-c3ccc4ccc5cccc6ccc3c4c56)c2-c2c([2H])c([2H])c3oc4c5c([2H])c([2H])c([2H])c([2H])c5c([2H])c([2H])c4c3c2[2H])c([2H])c1[2H]. The second-order valence-corrected chi connectivity index (χ2v) is 15.6. The highest BCUT2D eigenvalue weighted by Gasteiger charge is 2.23. The van der Waals surface area contributed by atoms with Crippen LogP contribution in [-0.4, -0.2) is 0 Å². The van der Waals surface area contributed by atoms with Crippen molar-refractivity contribution in [1.82, 2.24) is 0 Å². The molecule has 1 nitrogen and oxygen atoms in total. The third-order valence-electron chi connectivity index (χ3n) is 12.5. The highest BCUT2D eigenvalue weighted by atomic mass is 16.3. The fourth-order valence-electron chi connectivity index (χ4n) is 9.85. The Morgan fingerprint density at radius 1 is 0.328 bits per heavy atom. The van der Waals surface area contributed by atoms with Crippen LogP contribution in [0, 0.1) is 0 Å². The number of furan rings is 1. The van der Waals surface area contributed by atoms with Crippen molar-refractivity contribution in [3.05, 3.63) is 206 Å². The molecule has 0 atom stereocenters. The van der Waals surface area contributed by atoms with E-state index < -0.39 is 84.6 Å². The molecule has 0 radical (unpaired) electrons. The third-order valence-corrected chi connectivity index (χ3v) is 12.5. The molecule has 0 amide bonds. The maximum absolute atomic E-state index is 10.3. The van der Waals surface area contributed by atoms with Crippen LogP contribution in [0.2, 0.25) is 0 Å². The van der Waals surface area contributed by atoms with Gasteiger partial charge in [0.05, 0.1) is 19.2 Å². The molecule has 61 heavy (non-hydrogen) atoms. The molecule has 1 aromatic heterocycles. The van der Waals surface area contributed by atoms with Gasteiger partial charge < -0.3 is 4.42 Å². The Labute approximate surface area is 370 Å². The van der Waals surface area contributed by atoms with E-state index in [-0.39, 0.29) is 55.0 Å². The molecule has 1 heteroatoms. The van der Waals surface area contributed by atoms with Gasteiger partial charge >= 0.3 is 0 Å². The molecular weight excluding hydrogens is 737 g/mol. The zero-order chi connectivity index (χ0) is 51.9. The summed E-state index contributed by atoms with van der Waals surface area (Å²) in [5.74, 6) is 0. The summed E-state index contributed by atoms with van der Waals surface area (Å²) in [5, 5.41) is 10.9. The molecule has 13 aromatic carbocycles. The lowest BCUT2D eigenvalue weighted by Gasteiger charge is -2.22. The molecule has 0 aliphatic rings. The molecule has 0 N–H and O–H groups in total. The maximum atomic E-state index is 10.3. The van der Waals surface area contributed by atoms with Gasteiger partial charge in [-0.3, -0.25) is 0 Å². The molecule has 1 heterocycles. The normalized spacial score (nSPS) is 15.5. The molecule has 0 aliphatic heterocycles. The van der Waals surface area contributed by atoms with Crippen molar-refractivity contribution in [2.45, 2.75) is 0 Å². The summed E-state index contributed by atoms with van der Waals surface area (Å²) in [7, 11) is 0. The first kappa shape index (κ1) is 22.4. The molecule has 0 spiro atoms. The Morgan fingerprint density at radius 2 is 0.902 bits per heavy atom. The number of rotatable bonds is 4. The van der Waals surface area contributed by atoms with Crippen LogP contribution >= 0.6 is 0 Å². The predicted molar refractivity (Wildman–Crippen MR) is 260 cm³/mol. The largest absolute Gasteiger partial charge is 0.455 e. The predicted octanol–water partition coefficient (Wildman–Crippen LogP) is 17.2. The van der Waals surface area contributed by atoms with E-state index >= 15 is 0 Å². The Bertz CT molecular complexity index is 4880. The van der Waals surface area contributed by atoms with E-state index in [9.17, 15) is 8.22 Å². The average Bonchev–Trinajstić information content (AvgIpc) is 3.85. The van der Waals surface area contributed by atoms with Gasteiger partial charge in [0.2, 0.25) is 0 Å². The van der Waals surface area contributed by atoms with Crippen molar-refractivity contribution < 1.29 is 23.6 Å². The molecule has 0 bridgehead atoms. The molecular formula is C60H34O. The summed E-state index contributed by atoms with van der Waals surface area (Å²) >= 11 is 0. The minimum absolute atomic E-state index is 0.0660. The van der Waals surface area contributed by atoms with Gasteiger partial charge in [0.1, 0.15) is 11.2 Å². The van der Waals surface area contributed by atoms with E-state index in [0.29, 0.717) is 16.7 Å². The van der Waals surface area contributed by atoms with Gasteiger partial charge in [-0.25, -0.2) is 0 Å². The fraction of sp³-hybridized carbons (Fsp3) is 0. The highest BCUT2D eigenvalue weighted by molar-refractivity contribution is 6.28. The first-order chi connectivity index (χ1) is 36.1. The standard InChI is InChI=1S/C60H34O/c1-2-8-35(9-3-1)51-33-44(45-26-21-41-18-16-37-11-6-13-39-23-28-48(45)58(41)55(37)39)34-53(47-27-22-42-19-17-38-12-7-14-40-24-29-49(47)59(42)56(38)40)57(51)43-25-31-54-52(32-43)50-30-20-36-10-4-5-15-46(36)60(50)61-54/h1-34H/i1D,2D,3D,4D,5D,8D,9D,10D,15D,20D,25D,30D,31D,32D. The lowest BCUT2D eigenvalue weighted by atomic mass is 9.81. The van der Waals surface area contributed by atoms with Crippen LogP contribution in [0.25, 0.3) is 142 Å². The maximum Gasteiger partial charge on any atom is 0.143 e. The molecule has 14 aromatic rings. The average molecular weight is 785 g/mol. The molecule has 280 valence electrons. The van der Waals surface area contributed by atoms with Crippen molar-refractivity contribution in [3.63, 3.8) is 0 Å². The van der Waals surface area contributed by atoms with Gasteiger partial charge in [0.25, 0.3) is 0 Å². The van der Waals surface area contributed by atoms with Crippen LogP contribution in [0.5, 0.6) is 0 Å². The van der Waals surface area contributed by atoms with Crippen LogP contribution in [-0.2, 0) is 0 Å². The smallest absolute Gasteiger partial charge is 0.143 e. The van der Waals surface area contributed by atoms with Gasteiger partial charge in [-0.15, -0.1) is 0 Å². The Morgan fingerprint density at radius 3 is 1.61 bits per heavy atom. The van der Waals surface area contributed by atoms with Crippen molar-refractivity contribution in [1.29, 1.82) is 0 Å². The second kappa shape index (κ2) is 12.3. The van der Waals surface area contributed by atoms with Crippen molar-refractivity contribution in [3.8, 4) is 44.5 Å². The van der Waals surface area contributed by atoms with Gasteiger partial charge in [-0.1, -0.05) is 176 Å². The topological polar surface area (TPSA) is 13.1 Å². The summed E-state index contributed by atoms with van der Waals surface area (Å²) in [6.45, 7) is 0. The van der Waals surface area contributed by atoms with Gasteiger partial charge in [0, 0.05) is 16.2 Å². The van der Waals surface area contributed by atoms with Gasteiger partial charge in [0.15, 0.2) is 0 Å². The number of benzene rings is 13. The van der Waals surface area contributed by atoms with Crippen LogP contribution in [0.1, 0.15) is 19.2 Å². The summed E-state index contributed by atoms with van der Waals surface area (Å²) in [4.78, 5) is 0. The summed E-state index contributed by atoms with van der Waals surface area (Å²) in [6.07, 6.45) is 0. The minimum Gasteiger partial charge on any atom is -0.455 e.